The second-order valence-electron chi connectivity index (χ2n) is 6.15. The van der Waals surface area contributed by atoms with Crippen LogP contribution in [0.2, 0.25) is 0 Å². The summed E-state index contributed by atoms with van der Waals surface area (Å²) in [6.07, 6.45) is 5.50. The maximum atomic E-state index is 12.6. The molecule has 0 bridgehead atoms. The lowest BCUT2D eigenvalue weighted by molar-refractivity contribution is -0.121. The quantitative estimate of drug-likeness (QED) is 0.937. The number of likely N-dealkylation sites (tertiary alicyclic amines) is 1. The number of anilines is 1. The number of aryl methyl sites for hydroxylation is 1. The number of nitrogens with zero attached hydrogens (tertiary/aromatic N) is 1. The molecule has 5 nitrogen and oxygen atoms in total. The van der Waals surface area contributed by atoms with Gasteiger partial charge in [-0.05, 0) is 43.0 Å². The van der Waals surface area contributed by atoms with Crippen molar-refractivity contribution in [1.82, 2.24) is 4.90 Å². The number of carbonyl (C=O) groups is 2. The maximum absolute atomic E-state index is 12.6. The van der Waals surface area contributed by atoms with Crippen molar-refractivity contribution in [2.45, 2.75) is 26.2 Å². The summed E-state index contributed by atoms with van der Waals surface area (Å²) in [5.74, 6) is -0.276. The minimum atomic E-state index is -0.181. The van der Waals surface area contributed by atoms with E-state index in [2.05, 4.69) is 12.2 Å². The standard InChI is InChI=1S/C19H22N2O3/c1-2-14-5-3-7-17(11-14)20-18(22)15-6-4-9-21(12-15)19(23)16-8-10-24-13-16/h3,5,7-8,10-11,13,15H,2,4,6,9,12H2,1H3,(H,20,22). The summed E-state index contributed by atoms with van der Waals surface area (Å²) in [4.78, 5) is 26.7. The van der Waals surface area contributed by atoms with Crippen molar-refractivity contribution in [2.24, 2.45) is 5.92 Å². The van der Waals surface area contributed by atoms with Crippen LogP contribution in [0.4, 0.5) is 5.69 Å². The molecule has 1 unspecified atom stereocenters. The Morgan fingerprint density at radius 1 is 1.33 bits per heavy atom. The van der Waals surface area contributed by atoms with Crippen LogP contribution >= 0.6 is 0 Å². The molecule has 0 radical (unpaired) electrons. The molecule has 1 aliphatic heterocycles. The summed E-state index contributed by atoms with van der Waals surface area (Å²) in [7, 11) is 0. The van der Waals surface area contributed by atoms with E-state index >= 15 is 0 Å². The monoisotopic (exact) mass is 326 g/mol. The third-order valence-corrected chi connectivity index (χ3v) is 4.45. The molecular weight excluding hydrogens is 304 g/mol. The normalized spacial score (nSPS) is 17.5. The molecule has 24 heavy (non-hydrogen) atoms. The molecule has 3 rings (SSSR count). The van der Waals surface area contributed by atoms with Gasteiger partial charge >= 0.3 is 0 Å². The van der Waals surface area contributed by atoms with Crippen molar-refractivity contribution in [3.63, 3.8) is 0 Å². The predicted octanol–water partition coefficient (Wildman–Crippen LogP) is 3.33. The van der Waals surface area contributed by atoms with Crippen molar-refractivity contribution in [1.29, 1.82) is 0 Å². The number of benzene rings is 1. The number of rotatable bonds is 4. The van der Waals surface area contributed by atoms with E-state index in [1.165, 1.54) is 18.1 Å². The molecule has 1 aromatic carbocycles. The van der Waals surface area contributed by atoms with Gasteiger partial charge in [0.15, 0.2) is 0 Å². The summed E-state index contributed by atoms with van der Waals surface area (Å²) in [5, 5.41) is 2.99. The lowest BCUT2D eigenvalue weighted by atomic mass is 9.96. The average molecular weight is 326 g/mol. The molecule has 0 saturated carbocycles. The number of hydrogen-bond acceptors (Lipinski definition) is 3. The highest BCUT2D eigenvalue weighted by Crippen LogP contribution is 2.21. The molecule has 2 amide bonds. The first-order valence-corrected chi connectivity index (χ1v) is 8.38. The van der Waals surface area contributed by atoms with Crippen LogP contribution in [0.25, 0.3) is 0 Å². The predicted molar refractivity (Wildman–Crippen MR) is 91.8 cm³/mol. The number of nitrogens with one attached hydrogen (secondary N) is 1. The van der Waals surface area contributed by atoms with E-state index in [4.69, 9.17) is 4.42 Å². The Hall–Kier alpha value is -2.56. The Bertz CT molecular complexity index is 709. The second kappa shape index (κ2) is 7.34. The minimum Gasteiger partial charge on any atom is -0.472 e. The maximum Gasteiger partial charge on any atom is 0.257 e. The van der Waals surface area contributed by atoms with Crippen LogP contribution in [0.15, 0.2) is 47.3 Å². The van der Waals surface area contributed by atoms with Crippen LogP contribution < -0.4 is 5.32 Å². The first-order valence-electron chi connectivity index (χ1n) is 8.38. The van der Waals surface area contributed by atoms with Gasteiger partial charge < -0.3 is 14.6 Å². The van der Waals surface area contributed by atoms with Gasteiger partial charge in [-0.15, -0.1) is 0 Å². The smallest absolute Gasteiger partial charge is 0.257 e. The van der Waals surface area contributed by atoms with Crippen LogP contribution in [0, 0.1) is 5.92 Å². The number of furan rings is 1. The van der Waals surface area contributed by atoms with Crippen molar-refractivity contribution in [2.75, 3.05) is 18.4 Å². The fourth-order valence-corrected chi connectivity index (χ4v) is 3.06. The Morgan fingerprint density at radius 2 is 2.21 bits per heavy atom. The number of piperidine rings is 1. The van der Waals surface area contributed by atoms with Gasteiger partial charge in [-0.3, -0.25) is 9.59 Å². The van der Waals surface area contributed by atoms with Gasteiger partial charge in [0.2, 0.25) is 5.91 Å². The summed E-state index contributed by atoms with van der Waals surface area (Å²) in [6, 6.07) is 9.54. The van der Waals surface area contributed by atoms with Gasteiger partial charge in [0.25, 0.3) is 5.91 Å². The fraction of sp³-hybridized carbons (Fsp3) is 0.368. The van der Waals surface area contributed by atoms with Gasteiger partial charge in [0.1, 0.15) is 6.26 Å². The summed E-state index contributed by atoms with van der Waals surface area (Å²) in [6.45, 7) is 3.21. The first kappa shape index (κ1) is 16.3. The fourth-order valence-electron chi connectivity index (χ4n) is 3.06. The van der Waals surface area contributed by atoms with Crippen LogP contribution in [-0.4, -0.2) is 29.8 Å². The van der Waals surface area contributed by atoms with Gasteiger partial charge in [0, 0.05) is 18.8 Å². The second-order valence-corrected chi connectivity index (χ2v) is 6.15. The van der Waals surface area contributed by atoms with Crippen LogP contribution in [0.5, 0.6) is 0 Å². The summed E-state index contributed by atoms with van der Waals surface area (Å²) >= 11 is 0. The highest BCUT2D eigenvalue weighted by Gasteiger charge is 2.29. The van der Waals surface area contributed by atoms with Gasteiger partial charge in [-0.25, -0.2) is 0 Å². The van der Waals surface area contributed by atoms with E-state index in [0.29, 0.717) is 18.7 Å². The molecule has 1 aliphatic rings. The van der Waals surface area contributed by atoms with Gasteiger partial charge in [0.05, 0.1) is 17.7 Å². The first-order chi connectivity index (χ1) is 11.7. The molecule has 0 spiro atoms. The van der Waals surface area contributed by atoms with Crippen LogP contribution in [0.3, 0.4) is 0 Å². The number of carbonyl (C=O) groups excluding carboxylic acids is 2. The molecule has 2 aromatic rings. The topological polar surface area (TPSA) is 62.6 Å². The van der Waals surface area contributed by atoms with E-state index in [-0.39, 0.29) is 17.7 Å². The molecule has 1 fully saturated rings. The number of hydrogen-bond donors (Lipinski definition) is 1. The lowest BCUT2D eigenvalue weighted by Crippen LogP contribution is -2.43. The van der Waals surface area contributed by atoms with Crippen molar-refractivity contribution < 1.29 is 14.0 Å². The molecule has 1 N–H and O–H groups in total. The van der Waals surface area contributed by atoms with Crippen LogP contribution in [0.1, 0.15) is 35.7 Å². The molecule has 1 atom stereocenters. The third kappa shape index (κ3) is 3.67. The van der Waals surface area contributed by atoms with Crippen LogP contribution in [-0.2, 0) is 11.2 Å². The van der Waals surface area contributed by atoms with E-state index < -0.39 is 0 Å². The zero-order chi connectivity index (χ0) is 16.9. The largest absolute Gasteiger partial charge is 0.472 e. The molecule has 1 saturated heterocycles. The zero-order valence-corrected chi connectivity index (χ0v) is 13.8. The minimum absolute atomic E-state index is 0.0204. The highest BCUT2D eigenvalue weighted by molar-refractivity contribution is 5.96. The Kier molecular flexibility index (Phi) is 4.99. The van der Waals surface area contributed by atoms with E-state index in [9.17, 15) is 9.59 Å². The zero-order valence-electron chi connectivity index (χ0n) is 13.8. The van der Waals surface area contributed by atoms with Gasteiger partial charge in [-0.2, -0.15) is 0 Å². The average Bonchev–Trinajstić information content (AvgIpc) is 3.16. The molecule has 5 heteroatoms. The Labute approximate surface area is 141 Å². The molecular formula is C19H22N2O3. The van der Waals surface area contributed by atoms with E-state index in [0.717, 1.165) is 24.9 Å². The molecule has 0 aliphatic carbocycles. The van der Waals surface area contributed by atoms with E-state index in [1.54, 1.807) is 11.0 Å². The molecule has 126 valence electrons. The van der Waals surface area contributed by atoms with Crippen molar-refractivity contribution in [3.05, 3.63) is 54.0 Å². The molecule has 2 heterocycles. The third-order valence-electron chi connectivity index (χ3n) is 4.45. The summed E-state index contributed by atoms with van der Waals surface area (Å²) < 4.78 is 4.97. The SMILES string of the molecule is CCc1cccc(NC(=O)C2CCCN(C(=O)c3ccoc3)C2)c1. The van der Waals surface area contributed by atoms with E-state index in [1.807, 2.05) is 24.3 Å². The Balaban J connectivity index is 1.63. The lowest BCUT2D eigenvalue weighted by Gasteiger charge is -2.31. The summed E-state index contributed by atoms with van der Waals surface area (Å²) in [5.41, 5.74) is 2.54. The molecule has 1 aromatic heterocycles. The van der Waals surface area contributed by atoms with Gasteiger partial charge in [-0.1, -0.05) is 19.1 Å². The number of amides is 2. The van der Waals surface area contributed by atoms with Crippen molar-refractivity contribution >= 4 is 17.5 Å². The Morgan fingerprint density at radius 3 is 2.96 bits per heavy atom. The highest BCUT2D eigenvalue weighted by atomic mass is 16.3. The van der Waals surface area contributed by atoms with Crippen molar-refractivity contribution in [3.8, 4) is 0 Å².